The summed E-state index contributed by atoms with van der Waals surface area (Å²) in [4.78, 5) is 15.3. The molecule has 3 rings (SSSR count). The Morgan fingerprint density at radius 2 is 2.00 bits per heavy atom. The van der Waals surface area contributed by atoms with Crippen LogP contribution in [-0.4, -0.2) is 23.4 Å². The first kappa shape index (κ1) is 16.2. The molecule has 2 N–H and O–H groups in total. The number of primary amides is 1. The molecule has 2 heterocycles. The second kappa shape index (κ2) is 6.10. The van der Waals surface area contributed by atoms with Crippen molar-refractivity contribution in [1.82, 2.24) is 4.98 Å². The molecule has 1 aliphatic rings. The molecule has 1 amide bonds. The Labute approximate surface area is 134 Å². The molecule has 0 aliphatic carbocycles. The number of amides is 1. The van der Waals surface area contributed by atoms with Crippen LogP contribution in [0.2, 0.25) is 0 Å². The topological polar surface area (TPSA) is 65.2 Å². The molecule has 0 saturated carbocycles. The zero-order valence-electron chi connectivity index (χ0n) is 12.2. The van der Waals surface area contributed by atoms with Crippen LogP contribution in [0.1, 0.15) is 22.5 Å². The third kappa shape index (κ3) is 2.91. The van der Waals surface area contributed by atoms with Crippen LogP contribution < -0.4 is 10.5 Å². The van der Waals surface area contributed by atoms with Gasteiger partial charge in [0, 0.05) is 17.2 Å². The highest BCUT2D eigenvalue weighted by Gasteiger charge is 2.31. The number of fused-ring (bicyclic) bond motifs is 1. The van der Waals surface area contributed by atoms with Crippen molar-refractivity contribution in [2.45, 2.75) is 25.4 Å². The third-order valence-electron chi connectivity index (χ3n) is 3.78. The summed E-state index contributed by atoms with van der Waals surface area (Å²) in [5.74, 6) is -2.70. The monoisotopic (exact) mass is 340 g/mol. The number of halogens is 4. The molecule has 1 aromatic heterocycles. The number of nitrogens with two attached hydrogens (primary N) is 1. The first-order valence-electron chi connectivity index (χ1n) is 7.10. The zero-order chi connectivity index (χ0) is 17.4. The lowest BCUT2D eigenvalue weighted by Crippen LogP contribution is -2.31. The number of aromatic nitrogens is 1. The number of hydrogen-bond acceptors (Lipinski definition) is 3. The van der Waals surface area contributed by atoms with Crippen molar-refractivity contribution >= 4 is 5.91 Å². The molecule has 1 aromatic carbocycles. The van der Waals surface area contributed by atoms with Gasteiger partial charge in [0.1, 0.15) is 17.3 Å². The van der Waals surface area contributed by atoms with Crippen LogP contribution in [0.15, 0.2) is 24.3 Å². The third-order valence-corrected chi connectivity index (χ3v) is 3.78. The second-order valence-corrected chi connectivity index (χ2v) is 5.36. The molecule has 126 valence electrons. The quantitative estimate of drug-likeness (QED) is 0.874. The van der Waals surface area contributed by atoms with E-state index in [0.29, 0.717) is 11.6 Å². The molecule has 8 heteroatoms. The SMILES string of the molecule is NC(=O)c1cc(-c2ccc(F)cc2F)c2c(n1)O[C@@H](C(F)F)CC2. The first-order valence-corrected chi connectivity index (χ1v) is 7.10. The normalized spacial score (nSPS) is 16.6. The average molecular weight is 340 g/mol. The van der Waals surface area contributed by atoms with Gasteiger partial charge in [-0.1, -0.05) is 0 Å². The van der Waals surface area contributed by atoms with Crippen LogP contribution >= 0.6 is 0 Å². The van der Waals surface area contributed by atoms with Crippen molar-refractivity contribution in [1.29, 1.82) is 0 Å². The fourth-order valence-corrected chi connectivity index (χ4v) is 2.63. The first-order chi connectivity index (χ1) is 11.4. The smallest absolute Gasteiger partial charge is 0.274 e. The summed E-state index contributed by atoms with van der Waals surface area (Å²) in [5.41, 5.74) is 5.55. The van der Waals surface area contributed by atoms with E-state index in [1.165, 1.54) is 12.1 Å². The minimum absolute atomic E-state index is 0.0108. The Morgan fingerprint density at radius 1 is 1.25 bits per heavy atom. The number of pyridine rings is 1. The Balaban J connectivity index is 2.17. The van der Waals surface area contributed by atoms with Crippen molar-refractivity contribution in [2.24, 2.45) is 5.73 Å². The van der Waals surface area contributed by atoms with E-state index in [0.717, 1.165) is 6.07 Å². The Morgan fingerprint density at radius 3 is 2.62 bits per heavy atom. The molecule has 0 bridgehead atoms. The molecule has 1 aliphatic heterocycles. The van der Waals surface area contributed by atoms with Crippen molar-refractivity contribution in [3.05, 3.63) is 47.2 Å². The van der Waals surface area contributed by atoms with E-state index < -0.39 is 30.1 Å². The van der Waals surface area contributed by atoms with Gasteiger partial charge in [0.15, 0.2) is 6.10 Å². The summed E-state index contributed by atoms with van der Waals surface area (Å²) < 4.78 is 58.1. The van der Waals surface area contributed by atoms with Gasteiger partial charge < -0.3 is 10.5 Å². The maximum atomic E-state index is 14.1. The van der Waals surface area contributed by atoms with Gasteiger partial charge in [-0.15, -0.1) is 0 Å². The van der Waals surface area contributed by atoms with Gasteiger partial charge in [-0.3, -0.25) is 4.79 Å². The molecule has 2 aromatic rings. The summed E-state index contributed by atoms with van der Waals surface area (Å²) in [6.07, 6.45) is -3.91. The summed E-state index contributed by atoms with van der Waals surface area (Å²) in [7, 11) is 0. The molecular weight excluding hydrogens is 328 g/mol. The molecule has 0 saturated heterocycles. The molecule has 0 radical (unpaired) electrons. The summed E-state index contributed by atoms with van der Waals surface area (Å²) in [6, 6.07) is 4.20. The fourth-order valence-electron chi connectivity index (χ4n) is 2.63. The summed E-state index contributed by atoms with van der Waals surface area (Å²) in [6.45, 7) is 0. The Hall–Kier alpha value is -2.64. The molecule has 0 fully saturated rings. The van der Waals surface area contributed by atoms with Crippen molar-refractivity contribution < 1.29 is 27.1 Å². The number of ether oxygens (including phenoxy) is 1. The second-order valence-electron chi connectivity index (χ2n) is 5.36. The number of benzene rings is 1. The molecule has 0 unspecified atom stereocenters. The molecular formula is C16H12F4N2O2. The van der Waals surface area contributed by atoms with Crippen LogP contribution in [0.3, 0.4) is 0 Å². The van der Waals surface area contributed by atoms with E-state index in [-0.39, 0.29) is 35.5 Å². The minimum atomic E-state index is -2.72. The number of alkyl halides is 2. The van der Waals surface area contributed by atoms with Gasteiger partial charge in [-0.25, -0.2) is 22.5 Å². The van der Waals surface area contributed by atoms with Crippen molar-refractivity contribution in [3.8, 4) is 17.0 Å². The largest absolute Gasteiger partial charge is 0.468 e. The van der Waals surface area contributed by atoms with E-state index in [1.807, 2.05) is 0 Å². The van der Waals surface area contributed by atoms with E-state index in [9.17, 15) is 22.4 Å². The molecule has 24 heavy (non-hydrogen) atoms. The lowest BCUT2D eigenvalue weighted by atomic mass is 9.94. The Kier molecular flexibility index (Phi) is 4.13. The minimum Gasteiger partial charge on any atom is -0.468 e. The fraction of sp³-hybridized carbons (Fsp3) is 0.250. The molecule has 1 atom stereocenters. The average Bonchev–Trinajstić information content (AvgIpc) is 2.53. The number of rotatable bonds is 3. The lowest BCUT2D eigenvalue weighted by molar-refractivity contribution is -0.00215. The molecule has 4 nitrogen and oxygen atoms in total. The van der Waals surface area contributed by atoms with E-state index in [2.05, 4.69) is 4.98 Å². The molecule has 0 spiro atoms. The predicted molar refractivity (Wildman–Crippen MR) is 76.8 cm³/mol. The highest BCUT2D eigenvalue weighted by molar-refractivity contribution is 5.93. The van der Waals surface area contributed by atoms with Gasteiger partial charge in [-0.05, 0) is 36.6 Å². The highest BCUT2D eigenvalue weighted by Crippen LogP contribution is 2.37. The zero-order valence-corrected chi connectivity index (χ0v) is 12.2. The summed E-state index contributed by atoms with van der Waals surface area (Å²) >= 11 is 0. The maximum Gasteiger partial charge on any atom is 0.274 e. The number of carbonyl (C=O) groups is 1. The van der Waals surface area contributed by atoms with Gasteiger partial charge in [0.05, 0.1) is 0 Å². The lowest BCUT2D eigenvalue weighted by Gasteiger charge is -2.26. The van der Waals surface area contributed by atoms with Crippen LogP contribution in [-0.2, 0) is 6.42 Å². The summed E-state index contributed by atoms with van der Waals surface area (Å²) in [5, 5.41) is 0. The number of hydrogen-bond donors (Lipinski definition) is 1. The number of carbonyl (C=O) groups excluding carboxylic acids is 1. The highest BCUT2D eigenvalue weighted by atomic mass is 19.3. The van der Waals surface area contributed by atoms with Crippen LogP contribution in [0, 0.1) is 11.6 Å². The van der Waals surface area contributed by atoms with Crippen LogP contribution in [0.5, 0.6) is 5.88 Å². The Bertz CT molecular complexity index is 811. The van der Waals surface area contributed by atoms with Gasteiger partial charge in [0.25, 0.3) is 12.3 Å². The van der Waals surface area contributed by atoms with Gasteiger partial charge in [-0.2, -0.15) is 0 Å². The van der Waals surface area contributed by atoms with E-state index in [1.54, 1.807) is 0 Å². The van der Waals surface area contributed by atoms with Crippen LogP contribution in [0.25, 0.3) is 11.1 Å². The van der Waals surface area contributed by atoms with Crippen molar-refractivity contribution in [2.75, 3.05) is 0 Å². The van der Waals surface area contributed by atoms with Gasteiger partial charge >= 0.3 is 0 Å². The van der Waals surface area contributed by atoms with Crippen molar-refractivity contribution in [3.63, 3.8) is 0 Å². The maximum absolute atomic E-state index is 14.1. The van der Waals surface area contributed by atoms with Crippen LogP contribution in [0.4, 0.5) is 17.6 Å². The predicted octanol–water partition coefficient (Wildman–Crippen LogP) is 3.08. The van der Waals surface area contributed by atoms with Gasteiger partial charge in [0.2, 0.25) is 5.88 Å². The number of nitrogens with zero attached hydrogens (tertiary/aromatic N) is 1. The standard InChI is InChI=1S/C16H12F4N2O2/c17-7-1-2-8(11(18)5-7)10-6-12(15(21)23)22-16-9(10)3-4-13(24-16)14(19)20/h1-2,5-6,13-14H,3-4H2,(H2,21,23)/t13-/m1/s1. The van der Waals surface area contributed by atoms with E-state index >= 15 is 0 Å². The van der Waals surface area contributed by atoms with E-state index in [4.69, 9.17) is 10.5 Å².